The quantitative estimate of drug-likeness (QED) is 0.876. The van der Waals surface area contributed by atoms with Crippen LogP contribution in [0.25, 0.3) is 0 Å². The predicted molar refractivity (Wildman–Crippen MR) is 82.0 cm³/mol. The average Bonchev–Trinajstić information content (AvgIpc) is 2.85. The van der Waals surface area contributed by atoms with Gasteiger partial charge in [0, 0.05) is 18.6 Å². The van der Waals surface area contributed by atoms with Crippen LogP contribution in [0.15, 0.2) is 30.3 Å². The molecule has 1 saturated heterocycles. The van der Waals surface area contributed by atoms with Crippen LogP contribution in [-0.2, 0) is 0 Å². The molecule has 1 aliphatic heterocycles. The van der Waals surface area contributed by atoms with Gasteiger partial charge in [0.25, 0.3) is 0 Å². The molecular weight excluding hydrogens is 232 g/mol. The van der Waals surface area contributed by atoms with E-state index in [9.17, 15) is 0 Å². The van der Waals surface area contributed by atoms with Crippen LogP contribution in [0.3, 0.4) is 0 Å². The first-order chi connectivity index (χ1) is 9.04. The highest BCUT2D eigenvalue weighted by molar-refractivity contribution is 5.20. The minimum absolute atomic E-state index is 0.104. The second-order valence-electron chi connectivity index (χ2n) is 6.55. The molecule has 1 aromatic rings. The van der Waals surface area contributed by atoms with Gasteiger partial charge in [-0.2, -0.15) is 0 Å². The lowest BCUT2D eigenvalue weighted by atomic mass is 9.80. The number of likely N-dealkylation sites (tertiary alicyclic amines) is 1. The molecule has 2 nitrogen and oxygen atoms in total. The topological polar surface area (TPSA) is 29.3 Å². The van der Waals surface area contributed by atoms with Crippen molar-refractivity contribution in [1.82, 2.24) is 4.90 Å². The molecule has 1 aromatic carbocycles. The molecule has 1 fully saturated rings. The van der Waals surface area contributed by atoms with Crippen LogP contribution in [-0.4, -0.2) is 24.0 Å². The lowest BCUT2D eigenvalue weighted by Crippen LogP contribution is -2.42. The van der Waals surface area contributed by atoms with Crippen molar-refractivity contribution in [3.05, 3.63) is 35.9 Å². The SMILES string of the molecule is CCC1CCCN1CC(C)(C)C(N)c1ccccc1. The van der Waals surface area contributed by atoms with E-state index in [1.54, 1.807) is 0 Å². The second-order valence-corrected chi connectivity index (χ2v) is 6.55. The third-order valence-corrected chi connectivity index (χ3v) is 4.58. The molecule has 106 valence electrons. The Hall–Kier alpha value is -0.860. The molecule has 0 aromatic heterocycles. The summed E-state index contributed by atoms with van der Waals surface area (Å²) < 4.78 is 0. The van der Waals surface area contributed by atoms with Crippen molar-refractivity contribution in [3.8, 4) is 0 Å². The molecule has 0 aliphatic carbocycles. The zero-order valence-electron chi connectivity index (χ0n) is 12.6. The Bertz CT molecular complexity index is 386. The average molecular weight is 260 g/mol. The van der Waals surface area contributed by atoms with E-state index in [1.807, 2.05) is 0 Å². The number of nitrogens with two attached hydrogens (primary N) is 1. The Kier molecular flexibility index (Phi) is 4.64. The highest BCUT2D eigenvalue weighted by atomic mass is 15.2. The Balaban J connectivity index is 2.05. The predicted octanol–water partition coefficient (Wildman–Crippen LogP) is 3.59. The van der Waals surface area contributed by atoms with Gasteiger partial charge in [0.2, 0.25) is 0 Å². The van der Waals surface area contributed by atoms with E-state index in [2.05, 4.69) is 56.0 Å². The Morgan fingerprint density at radius 2 is 2.00 bits per heavy atom. The lowest BCUT2D eigenvalue weighted by molar-refractivity contribution is 0.139. The van der Waals surface area contributed by atoms with Crippen molar-refractivity contribution in [1.29, 1.82) is 0 Å². The molecular formula is C17H28N2. The number of hydrogen-bond donors (Lipinski definition) is 1. The monoisotopic (exact) mass is 260 g/mol. The Labute approximate surface area is 118 Å². The van der Waals surface area contributed by atoms with Crippen molar-refractivity contribution in [2.75, 3.05) is 13.1 Å². The van der Waals surface area contributed by atoms with Crippen molar-refractivity contribution in [2.24, 2.45) is 11.1 Å². The maximum atomic E-state index is 6.51. The summed E-state index contributed by atoms with van der Waals surface area (Å²) in [6.45, 7) is 9.24. The summed E-state index contributed by atoms with van der Waals surface area (Å²) in [6, 6.07) is 11.4. The lowest BCUT2D eigenvalue weighted by Gasteiger charge is -2.38. The molecule has 0 spiro atoms. The largest absolute Gasteiger partial charge is 0.323 e. The maximum Gasteiger partial charge on any atom is 0.0359 e. The molecule has 0 radical (unpaired) electrons. The number of nitrogens with zero attached hydrogens (tertiary/aromatic N) is 1. The summed E-state index contributed by atoms with van der Waals surface area (Å²) in [5.74, 6) is 0. The second kappa shape index (κ2) is 6.06. The van der Waals surface area contributed by atoms with E-state index < -0.39 is 0 Å². The van der Waals surface area contributed by atoms with E-state index >= 15 is 0 Å². The molecule has 0 saturated carbocycles. The molecule has 2 atom stereocenters. The van der Waals surface area contributed by atoms with E-state index in [-0.39, 0.29) is 11.5 Å². The zero-order chi connectivity index (χ0) is 13.9. The Morgan fingerprint density at radius 3 is 2.63 bits per heavy atom. The van der Waals surface area contributed by atoms with Crippen molar-refractivity contribution < 1.29 is 0 Å². The molecule has 1 aliphatic rings. The van der Waals surface area contributed by atoms with Crippen molar-refractivity contribution in [3.63, 3.8) is 0 Å². The first-order valence-corrected chi connectivity index (χ1v) is 7.59. The normalized spacial score (nSPS) is 22.6. The third-order valence-electron chi connectivity index (χ3n) is 4.58. The number of hydrogen-bond acceptors (Lipinski definition) is 2. The maximum absolute atomic E-state index is 6.51. The summed E-state index contributed by atoms with van der Waals surface area (Å²) in [7, 11) is 0. The van der Waals surface area contributed by atoms with Crippen LogP contribution in [0.2, 0.25) is 0 Å². The fourth-order valence-electron chi connectivity index (χ4n) is 3.30. The molecule has 2 N–H and O–H groups in total. The first kappa shape index (κ1) is 14.5. The number of benzene rings is 1. The summed E-state index contributed by atoms with van der Waals surface area (Å²) in [5.41, 5.74) is 7.87. The van der Waals surface area contributed by atoms with Crippen LogP contribution in [0, 0.1) is 5.41 Å². The van der Waals surface area contributed by atoms with Crippen molar-refractivity contribution >= 4 is 0 Å². The van der Waals surface area contributed by atoms with Crippen molar-refractivity contribution in [2.45, 2.75) is 52.1 Å². The van der Waals surface area contributed by atoms with Gasteiger partial charge < -0.3 is 5.73 Å². The zero-order valence-corrected chi connectivity index (χ0v) is 12.6. The molecule has 19 heavy (non-hydrogen) atoms. The summed E-state index contributed by atoms with van der Waals surface area (Å²) in [4.78, 5) is 2.64. The molecule has 2 rings (SSSR count). The fourth-order valence-corrected chi connectivity index (χ4v) is 3.30. The minimum atomic E-state index is 0.104. The third kappa shape index (κ3) is 3.37. The van der Waals surface area contributed by atoms with Gasteiger partial charge in [-0.05, 0) is 36.8 Å². The summed E-state index contributed by atoms with van der Waals surface area (Å²) in [6.07, 6.45) is 3.96. The van der Waals surface area contributed by atoms with Gasteiger partial charge in [-0.3, -0.25) is 4.90 Å². The van der Waals surface area contributed by atoms with Gasteiger partial charge in [0.05, 0.1) is 0 Å². The van der Waals surface area contributed by atoms with Crippen LogP contribution >= 0.6 is 0 Å². The van der Waals surface area contributed by atoms with E-state index in [0.717, 1.165) is 12.6 Å². The first-order valence-electron chi connectivity index (χ1n) is 7.59. The van der Waals surface area contributed by atoms with Crippen LogP contribution in [0.4, 0.5) is 0 Å². The standard InChI is InChI=1S/C17H28N2/c1-4-15-11-8-12-19(15)13-17(2,3)16(18)14-9-6-5-7-10-14/h5-7,9-10,15-16H,4,8,11-13,18H2,1-3H3. The van der Waals surface area contributed by atoms with Gasteiger partial charge in [0.1, 0.15) is 0 Å². The summed E-state index contributed by atoms with van der Waals surface area (Å²) >= 11 is 0. The van der Waals surface area contributed by atoms with Gasteiger partial charge in [-0.1, -0.05) is 51.1 Å². The number of rotatable bonds is 5. The van der Waals surface area contributed by atoms with Gasteiger partial charge in [0.15, 0.2) is 0 Å². The highest BCUT2D eigenvalue weighted by Crippen LogP contribution is 2.34. The van der Waals surface area contributed by atoms with Crippen LogP contribution in [0.5, 0.6) is 0 Å². The van der Waals surface area contributed by atoms with Gasteiger partial charge in [-0.15, -0.1) is 0 Å². The summed E-state index contributed by atoms with van der Waals surface area (Å²) in [5, 5.41) is 0. The van der Waals surface area contributed by atoms with Gasteiger partial charge in [-0.25, -0.2) is 0 Å². The van der Waals surface area contributed by atoms with Gasteiger partial charge >= 0.3 is 0 Å². The van der Waals surface area contributed by atoms with E-state index in [0.29, 0.717) is 0 Å². The minimum Gasteiger partial charge on any atom is -0.323 e. The molecule has 2 heteroatoms. The van der Waals surface area contributed by atoms with E-state index in [4.69, 9.17) is 5.73 Å². The smallest absolute Gasteiger partial charge is 0.0359 e. The molecule has 2 unspecified atom stereocenters. The fraction of sp³-hybridized carbons (Fsp3) is 0.647. The highest BCUT2D eigenvalue weighted by Gasteiger charge is 2.33. The Morgan fingerprint density at radius 1 is 1.32 bits per heavy atom. The van der Waals surface area contributed by atoms with E-state index in [1.165, 1.54) is 31.4 Å². The molecule has 1 heterocycles. The molecule has 0 bridgehead atoms. The van der Waals surface area contributed by atoms with Crippen LogP contribution < -0.4 is 5.73 Å². The molecule has 0 amide bonds. The van der Waals surface area contributed by atoms with Crippen LogP contribution in [0.1, 0.15) is 51.6 Å².